The van der Waals surface area contributed by atoms with Crippen LogP contribution in [0.5, 0.6) is 0 Å². The summed E-state index contributed by atoms with van der Waals surface area (Å²) in [7, 11) is 0. The fraction of sp³-hybridized carbons (Fsp3) is 0.517. The lowest BCUT2D eigenvalue weighted by atomic mass is 9.99. The fourth-order valence-electron chi connectivity index (χ4n) is 4.99. The average molecular weight is 523 g/mol. The zero-order valence-electron chi connectivity index (χ0n) is 22.6. The van der Waals surface area contributed by atoms with Crippen molar-refractivity contribution in [2.24, 2.45) is 5.92 Å². The van der Waals surface area contributed by atoms with Gasteiger partial charge in [0.05, 0.1) is 0 Å². The number of hydrogen-bond donors (Lipinski definition) is 3. The van der Waals surface area contributed by atoms with E-state index in [0.29, 0.717) is 32.2 Å². The number of cyclic esters (lactones) is 1. The summed E-state index contributed by atoms with van der Waals surface area (Å²) in [5.74, 6) is -1.54. The Bertz CT molecular complexity index is 1210. The van der Waals surface area contributed by atoms with Gasteiger partial charge >= 0.3 is 5.97 Å². The predicted octanol–water partition coefficient (Wildman–Crippen LogP) is 2.92. The first-order valence-electron chi connectivity index (χ1n) is 13.5. The molecule has 2 aromatic carbocycles. The largest absolute Gasteiger partial charge is 0.457 e. The van der Waals surface area contributed by atoms with E-state index in [1.807, 2.05) is 39.0 Å². The van der Waals surface area contributed by atoms with Crippen LogP contribution < -0.4 is 16.1 Å². The van der Waals surface area contributed by atoms with E-state index in [2.05, 4.69) is 34.3 Å². The maximum Gasteiger partial charge on any atom is 0.325 e. The number of amides is 3. The van der Waals surface area contributed by atoms with E-state index < -0.39 is 36.1 Å². The van der Waals surface area contributed by atoms with Gasteiger partial charge in [-0.05, 0) is 73.4 Å². The summed E-state index contributed by atoms with van der Waals surface area (Å²) < 4.78 is 5.80. The van der Waals surface area contributed by atoms with E-state index in [9.17, 15) is 19.2 Å². The van der Waals surface area contributed by atoms with Crippen molar-refractivity contribution in [2.75, 3.05) is 6.54 Å². The van der Waals surface area contributed by atoms with Gasteiger partial charge in [-0.25, -0.2) is 5.43 Å². The van der Waals surface area contributed by atoms with Crippen LogP contribution in [0.25, 0.3) is 10.8 Å². The Balaban J connectivity index is 1.60. The van der Waals surface area contributed by atoms with E-state index in [-0.39, 0.29) is 24.2 Å². The van der Waals surface area contributed by atoms with Gasteiger partial charge in [0.1, 0.15) is 24.2 Å². The van der Waals surface area contributed by atoms with Gasteiger partial charge < -0.3 is 15.4 Å². The van der Waals surface area contributed by atoms with Gasteiger partial charge in [-0.1, -0.05) is 44.2 Å². The van der Waals surface area contributed by atoms with E-state index >= 15 is 0 Å². The van der Waals surface area contributed by atoms with Gasteiger partial charge in [0, 0.05) is 13.0 Å². The highest BCUT2D eigenvalue weighted by Crippen LogP contribution is 2.25. The molecular formula is C29H38N4O5. The van der Waals surface area contributed by atoms with Crippen LogP contribution in [0.2, 0.25) is 0 Å². The zero-order chi connectivity index (χ0) is 27.4. The lowest BCUT2D eigenvalue weighted by molar-refractivity contribution is -0.157. The van der Waals surface area contributed by atoms with Crippen molar-refractivity contribution >= 4 is 34.5 Å². The minimum Gasteiger partial charge on any atom is -0.457 e. The summed E-state index contributed by atoms with van der Waals surface area (Å²) in [6.45, 7) is 7.56. The minimum absolute atomic E-state index is 0.160. The highest BCUT2D eigenvalue weighted by molar-refractivity contribution is 5.92. The number of hydrogen-bond acceptors (Lipinski definition) is 6. The molecule has 1 fully saturated rings. The molecule has 4 atom stereocenters. The van der Waals surface area contributed by atoms with Gasteiger partial charge in [-0.2, -0.15) is 0 Å². The van der Waals surface area contributed by atoms with Crippen molar-refractivity contribution < 1.29 is 23.9 Å². The van der Waals surface area contributed by atoms with Gasteiger partial charge in [0.15, 0.2) is 0 Å². The molecule has 0 unspecified atom stereocenters. The quantitative estimate of drug-likeness (QED) is 0.496. The predicted molar refractivity (Wildman–Crippen MR) is 144 cm³/mol. The number of ether oxygens (including phenoxy) is 1. The molecule has 38 heavy (non-hydrogen) atoms. The van der Waals surface area contributed by atoms with Crippen molar-refractivity contribution in [2.45, 2.75) is 84.0 Å². The van der Waals surface area contributed by atoms with Crippen LogP contribution in [0.3, 0.4) is 0 Å². The van der Waals surface area contributed by atoms with Gasteiger partial charge in [0.2, 0.25) is 11.8 Å². The number of hydrazine groups is 1. The molecule has 3 N–H and O–H groups in total. The minimum atomic E-state index is -0.839. The molecule has 0 radical (unpaired) electrons. The molecule has 4 rings (SSSR count). The molecule has 204 valence electrons. The molecule has 2 aliphatic rings. The van der Waals surface area contributed by atoms with Crippen LogP contribution in [0.15, 0.2) is 36.4 Å². The topological polar surface area (TPSA) is 117 Å². The van der Waals surface area contributed by atoms with E-state index in [1.54, 1.807) is 6.92 Å². The second kappa shape index (κ2) is 11.9. The maximum atomic E-state index is 13.1. The summed E-state index contributed by atoms with van der Waals surface area (Å²) in [6.07, 6.45) is 2.33. The Kier molecular flexibility index (Phi) is 8.66. The molecule has 9 nitrogen and oxygen atoms in total. The molecule has 9 heteroatoms. The second-order valence-corrected chi connectivity index (χ2v) is 10.7. The Morgan fingerprint density at radius 2 is 1.68 bits per heavy atom. The highest BCUT2D eigenvalue weighted by Gasteiger charge is 2.33. The van der Waals surface area contributed by atoms with E-state index in [0.717, 1.165) is 21.9 Å². The van der Waals surface area contributed by atoms with Crippen LogP contribution >= 0.6 is 0 Å². The smallest absolute Gasteiger partial charge is 0.325 e. The fourth-order valence-corrected chi connectivity index (χ4v) is 4.99. The standard InChI is InChI=1S/C29H38N4O5/c1-17(2)26-27(35)30-18(3)28(36)33-14-6-8-24(32-33)29(37)38-19(4)22-13-12-21-11-10-20(15-23(21)16-22)7-5-9-25(34)31-26/h10-13,15-19,24,26,32H,5-9,14H2,1-4H3,(H,30,35)(H,31,34)/t18-,19+,24-,26-/m0/s1. The molecule has 2 aliphatic heterocycles. The van der Waals surface area contributed by atoms with Crippen molar-refractivity contribution in [3.05, 3.63) is 47.5 Å². The molecule has 5 bridgehead atoms. The molecule has 2 heterocycles. The Morgan fingerprint density at radius 3 is 2.45 bits per heavy atom. The molecule has 1 saturated heterocycles. The SMILES string of the molecule is CC(C)[C@@H]1NC(=O)CCCc2ccc3ccc(cc3c2)[C@@H](C)OC(=O)[C@@H]2CCCN(N2)C(=O)[C@H](C)NC1=O. The molecule has 2 aromatic rings. The lowest BCUT2D eigenvalue weighted by Crippen LogP contribution is -2.61. The monoisotopic (exact) mass is 522 g/mol. The molecule has 0 aromatic heterocycles. The first-order chi connectivity index (χ1) is 18.1. The van der Waals surface area contributed by atoms with E-state index in [1.165, 1.54) is 5.01 Å². The van der Waals surface area contributed by atoms with Crippen molar-refractivity contribution in [1.29, 1.82) is 0 Å². The number of esters is 1. The summed E-state index contributed by atoms with van der Waals surface area (Å²) in [6, 6.07) is 9.95. The summed E-state index contributed by atoms with van der Waals surface area (Å²) in [5.41, 5.74) is 4.98. The number of aryl methyl sites for hydroxylation is 1. The average Bonchev–Trinajstić information content (AvgIpc) is 2.90. The molecule has 0 aliphatic carbocycles. The van der Waals surface area contributed by atoms with Crippen LogP contribution in [0, 0.1) is 5.92 Å². The number of carbonyl (C=O) groups excluding carboxylic acids is 4. The van der Waals surface area contributed by atoms with Gasteiger partial charge in [-0.15, -0.1) is 0 Å². The first-order valence-corrected chi connectivity index (χ1v) is 13.5. The third-order valence-corrected chi connectivity index (χ3v) is 7.29. The molecular weight excluding hydrogens is 484 g/mol. The Labute approximate surface area is 223 Å². The van der Waals surface area contributed by atoms with Crippen LogP contribution in [0.1, 0.15) is 70.6 Å². The number of rotatable bonds is 1. The van der Waals surface area contributed by atoms with Crippen LogP contribution in [0.4, 0.5) is 0 Å². The zero-order valence-corrected chi connectivity index (χ0v) is 22.6. The van der Waals surface area contributed by atoms with Crippen LogP contribution in [-0.4, -0.2) is 53.4 Å². The number of carbonyl (C=O) groups is 4. The summed E-state index contributed by atoms with van der Waals surface area (Å²) >= 11 is 0. The van der Waals surface area contributed by atoms with Gasteiger partial charge in [0.25, 0.3) is 5.91 Å². The molecule has 0 spiro atoms. The second-order valence-electron chi connectivity index (χ2n) is 10.7. The number of nitrogens with one attached hydrogen (secondary N) is 3. The third-order valence-electron chi connectivity index (χ3n) is 7.29. The van der Waals surface area contributed by atoms with Crippen molar-refractivity contribution in [1.82, 2.24) is 21.1 Å². The van der Waals surface area contributed by atoms with E-state index in [4.69, 9.17) is 4.74 Å². The van der Waals surface area contributed by atoms with Crippen LogP contribution in [-0.2, 0) is 30.3 Å². The number of nitrogens with zero attached hydrogens (tertiary/aromatic N) is 1. The third kappa shape index (κ3) is 6.51. The highest BCUT2D eigenvalue weighted by atomic mass is 16.5. The molecule has 3 amide bonds. The molecule has 0 saturated carbocycles. The lowest BCUT2D eigenvalue weighted by Gasteiger charge is -2.35. The van der Waals surface area contributed by atoms with Crippen molar-refractivity contribution in [3.8, 4) is 0 Å². The van der Waals surface area contributed by atoms with Gasteiger partial charge in [-0.3, -0.25) is 24.2 Å². The maximum absolute atomic E-state index is 13.1. The van der Waals surface area contributed by atoms with Crippen molar-refractivity contribution in [3.63, 3.8) is 0 Å². The normalized spacial score (nSPS) is 26.2. The Hall–Kier alpha value is -3.46. The Morgan fingerprint density at radius 1 is 0.921 bits per heavy atom. The summed E-state index contributed by atoms with van der Waals surface area (Å²) in [5, 5.41) is 9.09. The number of benzene rings is 2. The number of fused-ring (bicyclic) bond motifs is 4. The first kappa shape index (κ1) is 27.6. The summed E-state index contributed by atoms with van der Waals surface area (Å²) in [4.78, 5) is 51.8.